The van der Waals surface area contributed by atoms with Crippen molar-refractivity contribution in [3.05, 3.63) is 35.2 Å². The van der Waals surface area contributed by atoms with Gasteiger partial charge in [0.15, 0.2) is 0 Å². The van der Waals surface area contributed by atoms with Crippen LogP contribution in [0.15, 0.2) is 18.2 Å². The fourth-order valence-electron chi connectivity index (χ4n) is 2.94. The molecule has 5 nitrogen and oxygen atoms in total. The van der Waals surface area contributed by atoms with E-state index in [-0.39, 0.29) is 12.0 Å². The SMILES string of the molecule is CCN(C[C@H]1CCCO1)C(=O)c1ccc2nc(C)c(C)nc2c1. The van der Waals surface area contributed by atoms with Crippen LogP contribution in [0, 0.1) is 13.8 Å². The molecular weight excluding hydrogens is 290 g/mol. The summed E-state index contributed by atoms with van der Waals surface area (Å²) < 4.78 is 5.65. The van der Waals surface area contributed by atoms with E-state index in [0.29, 0.717) is 18.7 Å². The molecule has 0 unspecified atom stereocenters. The molecular formula is C18H23N3O2. The molecule has 0 aliphatic carbocycles. The number of benzene rings is 1. The zero-order chi connectivity index (χ0) is 16.4. The molecule has 1 fully saturated rings. The topological polar surface area (TPSA) is 55.3 Å². The summed E-state index contributed by atoms with van der Waals surface area (Å²) in [5.74, 6) is 0.0323. The molecule has 2 aromatic rings. The summed E-state index contributed by atoms with van der Waals surface area (Å²) >= 11 is 0. The molecule has 122 valence electrons. The van der Waals surface area contributed by atoms with Crippen molar-refractivity contribution < 1.29 is 9.53 Å². The van der Waals surface area contributed by atoms with Gasteiger partial charge in [-0.1, -0.05) is 0 Å². The number of likely N-dealkylation sites (N-methyl/N-ethyl adjacent to an activating group) is 1. The first-order valence-corrected chi connectivity index (χ1v) is 8.24. The number of hydrogen-bond donors (Lipinski definition) is 0. The van der Waals surface area contributed by atoms with Crippen LogP contribution < -0.4 is 0 Å². The Labute approximate surface area is 136 Å². The van der Waals surface area contributed by atoms with Crippen LogP contribution in [0.5, 0.6) is 0 Å². The number of carbonyl (C=O) groups excluding carboxylic acids is 1. The summed E-state index contributed by atoms with van der Waals surface area (Å²) in [5, 5.41) is 0. The first-order chi connectivity index (χ1) is 11.1. The van der Waals surface area contributed by atoms with Crippen LogP contribution in [0.4, 0.5) is 0 Å². The van der Waals surface area contributed by atoms with Crippen LogP contribution in [0.2, 0.25) is 0 Å². The summed E-state index contributed by atoms with van der Waals surface area (Å²) in [6.45, 7) is 8.02. The Morgan fingerprint density at radius 1 is 1.26 bits per heavy atom. The highest BCUT2D eigenvalue weighted by Crippen LogP contribution is 2.18. The van der Waals surface area contributed by atoms with Crippen LogP contribution >= 0.6 is 0 Å². The minimum absolute atomic E-state index is 0.0323. The van der Waals surface area contributed by atoms with Gasteiger partial charge in [-0.2, -0.15) is 0 Å². The zero-order valence-electron chi connectivity index (χ0n) is 14.0. The summed E-state index contributed by atoms with van der Waals surface area (Å²) in [7, 11) is 0. The van der Waals surface area contributed by atoms with Gasteiger partial charge in [-0.3, -0.25) is 4.79 Å². The number of fused-ring (bicyclic) bond motifs is 1. The first-order valence-electron chi connectivity index (χ1n) is 8.24. The molecule has 23 heavy (non-hydrogen) atoms. The molecule has 1 amide bonds. The summed E-state index contributed by atoms with van der Waals surface area (Å²) in [5.41, 5.74) is 4.08. The highest BCUT2D eigenvalue weighted by molar-refractivity contribution is 5.97. The molecule has 0 N–H and O–H groups in total. The van der Waals surface area contributed by atoms with Crippen molar-refractivity contribution in [1.29, 1.82) is 0 Å². The summed E-state index contributed by atoms with van der Waals surface area (Å²) in [4.78, 5) is 23.7. The summed E-state index contributed by atoms with van der Waals surface area (Å²) in [6, 6.07) is 5.56. The van der Waals surface area contributed by atoms with Crippen LogP contribution in [0.25, 0.3) is 11.0 Å². The largest absolute Gasteiger partial charge is 0.376 e. The molecule has 1 aromatic heterocycles. The number of nitrogens with zero attached hydrogens (tertiary/aromatic N) is 3. The van der Waals surface area contributed by atoms with E-state index in [0.717, 1.165) is 41.9 Å². The fraction of sp³-hybridized carbons (Fsp3) is 0.500. The molecule has 1 saturated heterocycles. The first kappa shape index (κ1) is 15.9. The highest BCUT2D eigenvalue weighted by atomic mass is 16.5. The van der Waals surface area contributed by atoms with Gasteiger partial charge in [-0.25, -0.2) is 9.97 Å². The lowest BCUT2D eigenvalue weighted by Crippen LogP contribution is -2.37. The van der Waals surface area contributed by atoms with Gasteiger partial charge in [0, 0.05) is 25.3 Å². The minimum atomic E-state index is 0.0323. The van der Waals surface area contributed by atoms with Crippen LogP contribution in [0.1, 0.15) is 41.5 Å². The molecule has 3 rings (SSSR count). The number of hydrogen-bond acceptors (Lipinski definition) is 4. The van der Waals surface area contributed by atoms with Crippen molar-refractivity contribution in [3.63, 3.8) is 0 Å². The van der Waals surface area contributed by atoms with E-state index >= 15 is 0 Å². The third-order valence-electron chi connectivity index (χ3n) is 4.44. The Hall–Kier alpha value is -2.01. The van der Waals surface area contributed by atoms with Gasteiger partial charge in [0.05, 0.1) is 28.5 Å². The molecule has 0 bridgehead atoms. The van der Waals surface area contributed by atoms with Gasteiger partial charge in [-0.15, -0.1) is 0 Å². The van der Waals surface area contributed by atoms with E-state index in [4.69, 9.17) is 4.74 Å². The van der Waals surface area contributed by atoms with E-state index in [1.807, 2.05) is 43.9 Å². The number of ether oxygens (including phenoxy) is 1. The van der Waals surface area contributed by atoms with Gasteiger partial charge >= 0.3 is 0 Å². The normalized spacial score (nSPS) is 17.6. The van der Waals surface area contributed by atoms with Gasteiger partial charge in [0.1, 0.15) is 0 Å². The quantitative estimate of drug-likeness (QED) is 0.871. The van der Waals surface area contributed by atoms with Gasteiger partial charge < -0.3 is 9.64 Å². The molecule has 0 spiro atoms. The average Bonchev–Trinajstić information content (AvgIpc) is 3.06. The lowest BCUT2D eigenvalue weighted by molar-refractivity contribution is 0.0539. The number of aryl methyl sites for hydroxylation is 2. The molecule has 0 saturated carbocycles. The van der Waals surface area contributed by atoms with Crippen molar-refractivity contribution in [3.8, 4) is 0 Å². The van der Waals surface area contributed by atoms with Gasteiger partial charge in [0.2, 0.25) is 0 Å². The van der Waals surface area contributed by atoms with E-state index in [1.54, 1.807) is 0 Å². The molecule has 1 aliphatic heterocycles. The Bertz CT molecular complexity index is 724. The van der Waals surface area contributed by atoms with E-state index < -0.39 is 0 Å². The minimum Gasteiger partial charge on any atom is -0.376 e. The summed E-state index contributed by atoms with van der Waals surface area (Å²) in [6.07, 6.45) is 2.29. The third-order valence-corrected chi connectivity index (χ3v) is 4.44. The Morgan fingerprint density at radius 3 is 2.65 bits per heavy atom. The zero-order valence-corrected chi connectivity index (χ0v) is 14.0. The van der Waals surface area contributed by atoms with E-state index in [2.05, 4.69) is 9.97 Å². The molecule has 2 heterocycles. The fourth-order valence-corrected chi connectivity index (χ4v) is 2.94. The smallest absolute Gasteiger partial charge is 0.254 e. The highest BCUT2D eigenvalue weighted by Gasteiger charge is 2.22. The predicted molar refractivity (Wildman–Crippen MR) is 89.6 cm³/mol. The number of rotatable bonds is 4. The standard InChI is InChI=1S/C18H23N3O2/c1-4-21(11-15-6-5-9-23-15)18(22)14-7-8-16-17(10-14)20-13(3)12(2)19-16/h7-8,10,15H,4-6,9,11H2,1-3H3/t15-/m1/s1. The molecule has 1 aromatic carbocycles. The number of amides is 1. The van der Waals surface area contributed by atoms with E-state index in [1.165, 1.54) is 0 Å². The monoisotopic (exact) mass is 313 g/mol. The predicted octanol–water partition coefficient (Wildman–Crippen LogP) is 2.89. The average molecular weight is 313 g/mol. The molecule has 0 radical (unpaired) electrons. The van der Waals surface area contributed by atoms with Crippen LogP contribution in [-0.2, 0) is 4.74 Å². The number of aromatic nitrogens is 2. The van der Waals surface area contributed by atoms with Crippen molar-refractivity contribution in [2.24, 2.45) is 0 Å². The maximum absolute atomic E-state index is 12.8. The van der Waals surface area contributed by atoms with E-state index in [9.17, 15) is 4.79 Å². The maximum atomic E-state index is 12.8. The van der Waals surface area contributed by atoms with Crippen molar-refractivity contribution in [1.82, 2.24) is 14.9 Å². The second kappa shape index (κ2) is 6.62. The Balaban J connectivity index is 1.85. The second-order valence-electron chi connectivity index (χ2n) is 6.08. The molecule has 1 aliphatic rings. The Kier molecular flexibility index (Phi) is 4.57. The lowest BCUT2D eigenvalue weighted by atomic mass is 10.1. The molecule has 5 heteroatoms. The van der Waals surface area contributed by atoms with Gasteiger partial charge in [-0.05, 0) is 51.8 Å². The second-order valence-corrected chi connectivity index (χ2v) is 6.08. The Morgan fingerprint density at radius 2 is 2.00 bits per heavy atom. The van der Waals surface area contributed by atoms with Gasteiger partial charge in [0.25, 0.3) is 5.91 Å². The lowest BCUT2D eigenvalue weighted by Gasteiger charge is -2.24. The molecule has 1 atom stereocenters. The van der Waals surface area contributed by atoms with Crippen LogP contribution in [-0.4, -0.2) is 46.6 Å². The van der Waals surface area contributed by atoms with Crippen molar-refractivity contribution in [2.45, 2.75) is 39.7 Å². The third kappa shape index (κ3) is 3.34. The maximum Gasteiger partial charge on any atom is 0.254 e. The van der Waals surface area contributed by atoms with Crippen LogP contribution in [0.3, 0.4) is 0 Å². The van der Waals surface area contributed by atoms with Crippen molar-refractivity contribution >= 4 is 16.9 Å². The number of carbonyl (C=O) groups is 1. The van der Waals surface area contributed by atoms with Crippen molar-refractivity contribution in [2.75, 3.05) is 19.7 Å².